The summed E-state index contributed by atoms with van der Waals surface area (Å²) < 4.78 is 10.2. The Labute approximate surface area is 123 Å². The van der Waals surface area contributed by atoms with Crippen molar-refractivity contribution in [2.75, 3.05) is 0 Å². The predicted molar refractivity (Wildman–Crippen MR) is 66.4 cm³/mol. The van der Waals surface area contributed by atoms with Crippen molar-refractivity contribution in [3.63, 3.8) is 0 Å². The Bertz CT molecular complexity index is 345. The van der Waals surface area contributed by atoms with E-state index in [1.807, 2.05) is 0 Å². The Hall–Kier alpha value is 0.619. The maximum absolute atomic E-state index is 8.95. The van der Waals surface area contributed by atoms with Crippen LogP contribution < -0.4 is 0 Å². The fraction of sp³-hybridized carbons (Fsp3) is 0.500. The van der Waals surface area contributed by atoms with E-state index < -0.39 is 11.9 Å². The van der Waals surface area contributed by atoms with E-state index in [2.05, 4.69) is 49.3 Å². The zero-order valence-electron chi connectivity index (χ0n) is 8.09. The van der Waals surface area contributed by atoms with E-state index in [1.54, 1.807) is 4.73 Å². The zero-order valence-corrected chi connectivity index (χ0v) is 12.5. The van der Waals surface area contributed by atoms with Gasteiger partial charge in [-0.2, -0.15) is 0 Å². The van der Waals surface area contributed by atoms with Crippen LogP contribution in [-0.4, -0.2) is 41.1 Å². The molecule has 17 heavy (non-hydrogen) atoms. The molecule has 0 heterocycles. The summed E-state index contributed by atoms with van der Waals surface area (Å²) in [6.45, 7) is 0.971. The summed E-state index contributed by atoms with van der Waals surface area (Å²) in [7, 11) is 1.45. The number of rotatable bonds is 2. The van der Waals surface area contributed by atoms with Crippen molar-refractivity contribution in [2.24, 2.45) is 0 Å². The van der Waals surface area contributed by atoms with Crippen molar-refractivity contribution in [2.45, 2.75) is 18.9 Å². The summed E-state index contributed by atoms with van der Waals surface area (Å²) in [4.78, 5) is 0. The van der Waals surface area contributed by atoms with Crippen LogP contribution >= 0.6 is 46.0 Å². The first-order chi connectivity index (χ1) is 7.56. The Kier molecular flexibility index (Phi) is 7.53. The van der Waals surface area contributed by atoms with Crippen LogP contribution in [0.5, 0.6) is 0 Å². The molecular formula is C6H7FeO6S4. The van der Waals surface area contributed by atoms with Gasteiger partial charge in [0.25, 0.3) is 0 Å². The van der Waals surface area contributed by atoms with Gasteiger partial charge in [-0.05, 0) is 0 Å². The van der Waals surface area contributed by atoms with Gasteiger partial charge in [-0.25, -0.2) is 0 Å². The monoisotopic (exact) mass is 359 g/mol. The van der Waals surface area contributed by atoms with Crippen LogP contribution in [0, 0.1) is 4.73 Å². The van der Waals surface area contributed by atoms with E-state index in [-0.39, 0.29) is 8.77 Å². The minimum absolute atomic E-state index is 0.225. The average molecular weight is 359 g/mol. The summed E-state index contributed by atoms with van der Waals surface area (Å²) in [5, 5.41) is 35.6. The fourth-order valence-electron chi connectivity index (χ4n) is 0.394. The van der Waals surface area contributed by atoms with Crippen molar-refractivity contribution in [1.82, 2.24) is 0 Å². The molecule has 0 unspecified atom stereocenters. The first-order valence-electron chi connectivity index (χ1n) is 3.62. The summed E-state index contributed by atoms with van der Waals surface area (Å²) in [6.07, 6.45) is 0. The second kappa shape index (κ2) is 7.27. The van der Waals surface area contributed by atoms with E-state index in [0.717, 1.165) is 28.5 Å². The standard InChI is InChI=1S/C6H7O6S4.Fe/c1-5(7,8)11-3(13)15-16-4(14)12-6(2,9)10;/h7-10H,1H3;. The third-order valence-corrected chi connectivity index (χ3v) is 4.13. The van der Waals surface area contributed by atoms with Crippen molar-refractivity contribution in [3.05, 3.63) is 0 Å². The van der Waals surface area contributed by atoms with Gasteiger partial charge in [0.05, 0.1) is 0 Å². The third kappa shape index (κ3) is 10.2. The molecule has 0 aliphatic rings. The van der Waals surface area contributed by atoms with Crippen molar-refractivity contribution in [1.29, 1.82) is 0 Å². The molecule has 0 atom stereocenters. The molecule has 4 N–H and O–H groups in total. The fourth-order valence-corrected chi connectivity index (χ4v) is 2.43. The van der Waals surface area contributed by atoms with Crippen LogP contribution in [0.15, 0.2) is 0 Å². The van der Waals surface area contributed by atoms with Crippen LogP contribution in [0.2, 0.25) is 0 Å². The minimum atomic E-state index is -2.68. The summed E-state index contributed by atoms with van der Waals surface area (Å²) in [5.41, 5.74) is 0. The number of hydrogen-bond donors (Lipinski definition) is 4. The van der Waals surface area contributed by atoms with Crippen molar-refractivity contribution >= 4 is 54.8 Å². The van der Waals surface area contributed by atoms with Gasteiger partial charge in [-0.1, -0.05) is 0 Å². The molecule has 0 saturated carbocycles. The molecule has 0 fully saturated rings. The van der Waals surface area contributed by atoms with Gasteiger partial charge in [-0.3, -0.25) is 0 Å². The number of hydrogen-bond acceptors (Lipinski definition) is 10. The molecule has 11 heteroatoms. The molecule has 0 spiro atoms. The van der Waals surface area contributed by atoms with Gasteiger partial charge in [0.2, 0.25) is 0 Å². The third-order valence-electron chi connectivity index (χ3n) is 0.795. The van der Waals surface area contributed by atoms with Crippen molar-refractivity contribution < 1.29 is 45.3 Å². The molecule has 0 aliphatic heterocycles. The molecular weight excluding hydrogens is 352 g/mol. The van der Waals surface area contributed by atoms with Gasteiger partial charge >= 0.3 is 124 Å². The topological polar surface area (TPSA) is 99.4 Å². The molecule has 0 amide bonds. The molecule has 0 aliphatic carbocycles. The van der Waals surface area contributed by atoms with E-state index in [4.69, 9.17) is 20.4 Å². The van der Waals surface area contributed by atoms with Crippen LogP contribution in [0.1, 0.15) is 6.92 Å². The summed E-state index contributed by atoms with van der Waals surface area (Å²) in [6, 6.07) is 0. The van der Waals surface area contributed by atoms with Gasteiger partial charge in [0, 0.05) is 0 Å². The molecule has 6 nitrogen and oxygen atoms in total. The second-order valence-corrected chi connectivity index (χ2v) is 6.11. The SMILES string of the molecule is CC(O)(O)OC(=S)SSC(=S)OC(O)(O)[C]#[Fe]. The van der Waals surface area contributed by atoms with E-state index in [9.17, 15) is 0 Å². The normalized spacial score (nSPS) is 11.6. The number of ether oxygens (including phenoxy) is 2. The summed E-state index contributed by atoms with van der Waals surface area (Å²) >= 11 is 12.2. The molecule has 0 rings (SSSR count). The van der Waals surface area contributed by atoms with E-state index in [1.165, 1.54) is 0 Å². The zero-order chi connectivity index (χ0) is 13.7. The van der Waals surface area contributed by atoms with Crippen LogP contribution in [-0.2, 0) is 24.9 Å². The van der Waals surface area contributed by atoms with E-state index >= 15 is 0 Å². The first-order valence-corrected chi connectivity index (χ1v) is 7.14. The van der Waals surface area contributed by atoms with Gasteiger partial charge in [-0.15, -0.1) is 0 Å². The predicted octanol–water partition coefficient (Wildman–Crippen LogP) is -0.226. The van der Waals surface area contributed by atoms with Crippen LogP contribution in [0.25, 0.3) is 0 Å². The van der Waals surface area contributed by atoms with Gasteiger partial charge < -0.3 is 0 Å². The molecule has 0 aromatic rings. The molecule has 99 valence electrons. The summed E-state index contributed by atoms with van der Waals surface area (Å²) in [5.74, 6) is -5.07. The average Bonchev–Trinajstić information content (AvgIpc) is 2.11. The molecule has 0 aromatic heterocycles. The molecule has 0 saturated heterocycles. The Balaban J connectivity index is 4.03. The number of aliphatic hydroxyl groups is 4. The van der Waals surface area contributed by atoms with Crippen LogP contribution in [0.4, 0.5) is 0 Å². The van der Waals surface area contributed by atoms with Crippen molar-refractivity contribution in [3.8, 4) is 4.73 Å². The Morgan fingerprint density at radius 3 is 1.88 bits per heavy atom. The van der Waals surface area contributed by atoms with Gasteiger partial charge in [0.1, 0.15) is 0 Å². The quantitative estimate of drug-likeness (QED) is 0.229. The first kappa shape index (κ1) is 17.6. The molecule has 0 aromatic carbocycles. The number of thiocarbonyl (C=S) groups is 2. The second-order valence-electron chi connectivity index (χ2n) is 2.50. The Morgan fingerprint density at radius 2 is 1.53 bits per heavy atom. The van der Waals surface area contributed by atoms with Gasteiger partial charge in [0.15, 0.2) is 0 Å². The Morgan fingerprint density at radius 1 is 1.12 bits per heavy atom. The van der Waals surface area contributed by atoms with Crippen LogP contribution in [0.3, 0.4) is 0 Å². The molecule has 0 bridgehead atoms. The maximum atomic E-state index is 8.95. The molecule has 0 radical (unpaired) electrons. The van der Waals surface area contributed by atoms with E-state index in [0.29, 0.717) is 0 Å².